The van der Waals surface area contributed by atoms with Crippen LogP contribution in [0.25, 0.3) is 16.9 Å². The summed E-state index contributed by atoms with van der Waals surface area (Å²) in [7, 11) is -2.03. The second-order valence-electron chi connectivity index (χ2n) is 8.49. The summed E-state index contributed by atoms with van der Waals surface area (Å²) in [5.41, 5.74) is 1.74. The van der Waals surface area contributed by atoms with Crippen LogP contribution in [0.1, 0.15) is 32.9 Å². The van der Waals surface area contributed by atoms with Crippen molar-refractivity contribution in [2.24, 2.45) is 0 Å². The second-order valence-corrected chi connectivity index (χ2v) is 9.23. The molecule has 3 aromatic heterocycles. The van der Waals surface area contributed by atoms with E-state index >= 15 is 0 Å². The molecular formula is C24H22F3N7O4S. The number of carbonyl (C=O) groups is 1. The van der Waals surface area contributed by atoms with Crippen molar-refractivity contribution in [1.29, 1.82) is 0 Å². The van der Waals surface area contributed by atoms with E-state index in [2.05, 4.69) is 25.4 Å². The number of hydrogen-bond acceptors (Lipinski definition) is 9. The second kappa shape index (κ2) is 10.7. The van der Waals surface area contributed by atoms with Gasteiger partial charge in [0.1, 0.15) is 5.56 Å². The third-order valence-corrected chi connectivity index (χ3v) is 5.80. The lowest BCUT2D eigenvalue weighted by Gasteiger charge is -2.14. The number of nitrogens with zero attached hydrogens (tertiary/aromatic N) is 5. The largest absolute Gasteiger partial charge is 0.480 e. The van der Waals surface area contributed by atoms with Crippen molar-refractivity contribution in [3.05, 3.63) is 70.8 Å². The SMILES string of the molecule is COc1ncc(-c2cnc(Nc3cc(C)cc(C)c3)nc2-n2nc(C(F)(F)F)cc2C)cc1C(=O)N[SH](=O)=O. The number of carbonyl (C=O) groups excluding carboxylic acids is 1. The number of pyridine rings is 1. The number of rotatable bonds is 7. The van der Waals surface area contributed by atoms with Crippen LogP contribution < -0.4 is 14.8 Å². The summed E-state index contributed by atoms with van der Waals surface area (Å²) in [6.45, 7) is 5.25. The Bertz CT molecular complexity index is 1620. The van der Waals surface area contributed by atoms with Crippen molar-refractivity contribution in [1.82, 2.24) is 29.5 Å². The van der Waals surface area contributed by atoms with Crippen molar-refractivity contribution in [2.45, 2.75) is 26.9 Å². The minimum Gasteiger partial charge on any atom is -0.480 e. The molecule has 1 amide bonds. The fourth-order valence-electron chi connectivity index (χ4n) is 3.87. The number of halogens is 3. The molecule has 15 heteroatoms. The minimum absolute atomic E-state index is 0.0434. The molecule has 1 aromatic carbocycles. The van der Waals surface area contributed by atoms with E-state index in [1.54, 1.807) is 4.72 Å². The fraction of sp³-hybridized carbons (Fsp3) is 0.208. The summed E-state index contributed by atoms with van der Waals surface area (Å²) < 4.78 is 70.3. The molecule has 3 heterocycles. The first-order valence-corrected chi connectivity index (χ1v) is 12.4. The molecule has 0 radical (unpaired) electrons. The van der Waals surface area contributed by atoms with E-state index in [4.69, 9.17) is 4.74 Å². The van der Waals surface area contributed by atoms with E-state index in [1.165, 1.54) is 32.5 Å². The number of aryl methyl sites for hydroxylation is 3. The van der Waals surface area contributed by atoms with Crippen molar-refractivity contribution in [2.75, 3.05) is 12.4 Å². The Morgan fingerprint density at radius 2 is 1.69 bits per heavy atom. The van der Waals surface area contributed by atoms with Crippen LogP contribution in [0.15, 0.2) is 42.7 Å². The van der Waals surface area contributed by atoms with Gasteiger partial charge in [0.05, 0.1) is 7.11 Å². The fourth-order valence-corrected chi connectivity index (χ4v) is 4.16. The van der Waals surface area contributed by atoms with Crippen LogP contribution in [-0.4, -0.2) is 46.2 Å². The number of anilines is 2. The van der Waals surface area contributed by atoms with E-state index in [9.17, 15) is 26.4 Å². The lowest BCUT2D eigenvalue weighted by molar-refractivity contribution is -0.141. The molecule has 0 saturated heterocycles. The van der Waals surface area contributed by atoms with Gasteiger partial charge in [-0.15, -0.1) is 0 Å². The van der Waals surface area contributed by atoms with Gasteiger partial charge in [0, 0.05) is 34.9 Å². The first kappa shape index (κ1) is 27.5. The third kappa shape index (κ3) is 6.14. The lowest BCUT2D eigenvalue weighted by Crippen LogP contribution is -2.22. The molecule has 11 nitrogen and oxygen atoms in total. The van der Waals surface area contributed by atoms with Crippen molar-refractivity contribution in [3.63, 3.8) is 0 Å². The highest BCUT2D eigenvalue weighted by molar-refractivity contribution is 7.71. The summed E-state index contributed by atoms with van der Waals surface area (Å²) >= 11 is 0. The van der Waals surface area contributed by atoms with Crippen molar-refractivity contribution < 1.29 is 31.1 Å². The van der Waals surface area contributed by atoms with Crippen LogP contribution in [0.2, 0.25) is 0 Å². The quantitative estimate of drug-likeness (QED) is 0.288. The molecule has 0 atom stereocenters. The lowest BCUT2D eigenvalue weighted by atomic mass is 10.1. The average Bonchev–Trinajstić information content (AvgIpc) is 3.24. The van der Waals surface area contributed by atoms with E-state index in [0.717, 1.165) is 21.9 Å². The van der Waals surface area contributed by atoms with E-state index in [1.807, 2.05) is 32.0 Å². The Morgan fingerprint density at radius 3 is 2.28 bits per heavy atom. The molecule has 0 fully saturated rings. The minimum atomic E-state index is -4.70. The van der Waals surface area contributed by atoms with Gasteiger partial charge in [-0.2, -0.15) is 23.3 Å². The number of alkyl halides is 3. The zero-order chi connectivity index (χ0) is 28.5. The van der Waals surface area contributed by atoms with Gasteiger partial charge < -0.3 is 10.1 Å². The Hall–Kier alpha value is -4.53. The summed E-state index contributed by atoms with van der Waals surface area (Å²) in [5, 5.41) is 6.76. The Kier molecular flexibility index (Phi) is 7.53. The maximum atomic E-state index is 13.5. The molecular weight excluding hydrogens is 539 g/mol. The molecule has 0 aliphatic heterocycles. The predicted octanol–water partition coefficient (Wildman–Crippen LogP) is 3.68. The summed E-state index contributed by atoms with van der Waals surface area (Å²) in [6, 6.07) is 7.81. The van der Waals surface area contributed by atoms with Gasteiger partial charge >= 0.3 is 6.18 Å². The highest BCUT2D eigenvalue weighted by Gasteiger charge is 2.35. The number of benzene rings is 1. The highest BCUT2D eigenvalue weighted by atomic mass is 32.2. The number of methoxy groups -OCH3 is 1. The highest BCUT2D eigenvalue weighted by Crippen LogP contribution is 2.33. The molecule has 0 aliphatic carbocycles. The topological polar surface area (TPSA) is 141 Å². The van der Waals surface area contributed by atoms with Crippen LogP contribution in [-0.2, 0) is 17.1 Å². The monoisotopic (exact) mass is 561 g/mol. The first-order valence-electron chi connectivity index (χ1n) is 11.2. The number of nitrogens with one attached hydrogen (secondary N) is 2. The number of aromatic nitrogens is 5. The van der Waals surface area contributed by atoms with Crippen molar-refractivity contribution in [3.8, 4) is 22.8 Å². The number of amides is 1. The van der Waals surface area contributed by atoms with Gasteiger partial charge in [-0.05, 0) is 56.2 Å². The molecule has 0 spiro atoms. The van der Waals surface area contributed by atoms with E-state index < -0.39 is 28.7 Å². The Labute approximate surface area is 222 Å². The average molecular weight is 562 g/mol. The van der Waals surface area contributed by atoms with E-state index in [0.29, 0.717) is 5.69 Å². The van der Waals surface area contributed by atoms with Crippen LogP contribution >= 0.6 is 0 Å². The Balaban J connectivity index is 1.90. The first-order chi connectivity index (χ1) is 18.3. The van der Waals surface area contributed by atoms with Crippen LogP contribution in [0.5, 0.6) is 5.88 Å². The third-order valence-electron chi connectivity index (χ3n) is 5.42. The van der Waals surface area contributed by atoms with Gasteiger partial charge in [-0.1, -0.05) is 6.07 Å². The smallest absolute Gasteiger partial charge is 0.435 e. The van der Waals surface area contributed by atoms with Crippen molar-refractivity contribution >= 4 is 28.4 Å². The van der Waals surface area contributed by atoms with Crippen LogP contribution in [0.3, 0.4) is 0 Å². The van der Waals surface area contributed by atoms with Crippen LogP contribution in [0.4, 0.5) is 24.8 Å². The molecule has 0 unspecified atom stereocenters. The summed E-state index contributed by atoms with van der Waals surface area (Å²) in [6.07, 6.45) is -2.08. The molecule has 4 rings (SSSR count). The molecule has 204 valence electrons. The molecule has 0 aliphatic rings. The molecule has 0 saturated carbocycles. The summed E-state index contributed by atoms with van der Waals surface area (Å²) in [5.74, 6) is -1.15. The standard InChI is InChI=1S/C24H22F3N7O4S/c1-12-5-13(2)7-16(6-12)30-23-29-11-18(20(31-23)34-14(3)8-19(32-34)24(25,26)27)15-9-17(21(35)33-39(36)37)22(38-4)28-10-15/h5-11,39H,1-4H3,(H,29,30,31)(H,33,35,36,37). The van der Waals surface area contributed by atoms with Gasteiger partial charge in [0.2, 0.25) is 22.7 Å². The van der Waals surface area contributed by atoms with Gasteiger partial charge in [0.25, 0.3) is 5.91 Å². The zero-order valence-corrected chi connectivity index (χ0v) is 21.9. The molecule has 39 heavy (non-hydrogen) atoms. The maximum Gasteiger partial charge on any atom is 0.435 e. The van der Waals surface area contributed by atoms with Crippen LogP contribution in [0, 0.1) is 20.8 Å². The predicted molar refractivity (Wildman–Crippen MR) is 136 cm³/mol. The maximum absolute atomic E-state index is 13.5. The van der Waals surface area contributed by atoms with Gasteiger partial charge in [-0.3, -0.25) is 9.52 Å². The number of ether oxygens (including phenoxy) is 1. The molecule has 4 aromatic rings. The normalized spacial score (nSPS) is 11.5. The van der Waals surface area contributed by atoms with E-state index in [-0.39, 0.29) is 40.0 Å². The van der Waals surface area contributed by atoms with Gasteiger partial charge in [-0.25, -0.2) is 23.1 Å². The molecule has 2 N–H and O–H groups in total. The van der Waals surface area contributed by atoms with Gasteiger partial charge in [0.15, 0.2) is 11.5 Å². The number of thiol groups is 1. The number of hydrogen-bond donors (Lipinski definition) is 3. The summed E-state index contributed by atoms with van der Waals surface area (Å²) in [4.78, 5) is 25.3. The Morgan fingerprint density at radius 1 is 1.00 bits per heavy atom. The zero-order valence-electron chi connectivity index (χ0n) is 21.0. The molecule has 0 bridgehead atoms.